The van der Waals surface area contributed by atoms with Gasteiger partial charge in [0, 0.05) is 28.3 Å². The van der Waals surface area contributed by atoms with Crippen molar-refractivity contribution >= 4 is 32.8 Å². The molecule has 1 aliphatic heterocycles. The lowest BCUT2D eigenvalue weighted by molar-refractivity contribution is -0.145. The number of carboxylic acids is 1. The molecular weight excluding hydrogens is 424 g/mol. The Balaban J connectivity index is 1.84. The van der Waals surface area contributed by atoms with E-state index >= 15 is 0 Å². The molecule has 3 aromatic rings. The van der Waals surface area contributed by atoms with Crippen LogP contribution in [-0.2, 0) is 23.2 Å². The number of ether oxygens (including phenoxy) is 2. The van der Waals surface area contributed by atoms with E-state index in [1.807, 2.05) is 30.3 Å². The molecule has 0 bridgehead atoms. The van der Waals surface area contributed by atoms with Crippen molar-refractivity contribution in [1.29, 1.82) is 0 Å². The second-order valence-corrected chi connectivity index (χ2v) is 7.84. The number of carbonyl (C=O) groups is 1. The Morgan fingerprint density at radius 1 is 1.18 bits per heavy atom. The number of methoxy groups -OCH3 is 2. The van der Waals surface area contributed by atoms with Gasteiger partial charge in [0.2, 0.25) is 0 Å². The third-order valence-electron chi connectivity index (χ3n) is 5.38. The third kappa shape index (κ3) is 2.95. The molecule has 3 N–H and O–H groups in total. The van der Waals surface area contributed by atoms with E-state index in [1.165, 1.54) is 0 Å². The number of carboxylic acid groups (broad SMARTS) is 1. The Morgan fingerprint density at radius 2 is 1.96 bits per heavy atom. The summed E-state index contributed by atoms with van der Waals surface area (Å²) in [6, 6.07) is 11.5. The molecule has 6 nitrogen and oxygen atoms in total. The van der Waals surface area contributed by atoms with Gasteiger partial charge in [-0.1, -0.05) is 22.0 Å². The third-order valence-corrected chi connectivity index (χ3v) is 5.87. The van der Waals surface area contributed by atoms with Crippen LogP contribution in [-0.4, -0.2) is 36.8 Å². The summed E-state index contributed by atoms with van der Waals surface area (Å²) >= 11 is 3.51. The number of aromatic nitrogens is 1. The van der Waals surface area contributed by atoms with Crippen LogP contribution < -0.4 is 14.8 Å². The molecule has 1 aromatic heterocycles. The topological polar surface area (TPSA) is 83.6 Å². The lowest BCUT2D eigenvalue weighted by atomic mass is 9.82. The highest BCUT2D eigenvalue weighted by atomic mass is 79.9. The number of halogens is 1. The lowest BCUT2D eigenvalue weighted by Crippen LogP contribution is -2.54. The number of nitrogens with one attached hydrogen (secondary N) is 2. The number of fused-ring (bicyclic) bond motifs is 3. The van der Waals surface area contributed by atoms with Crippen molar-refractivity contribution < 1.29 is 19.4 Å². The first-order valence-electron chi connectivity index (χ1n) is 8.98. The summed E-state index contributed by atoms with van der Waals surface area (Å²) < 4.78 is 11.7. The minimum absolute atomic E-state index is 0.281. The summed E-state index contributed by atoms with van der Waals surface area (Å²) in [5.74, 6) is 0.286. The Bertz CT molecular complexity index is 1060. The Kier molecular flexibility index (Phi) is 4.81. The number of rotatable bonds is 5. The fourth-order valence-electron chi connectivity index (χ4n) is 4.04. The quantitative estimate of drug-likeness (QED) is 0.559. The summed E-state index contributed by atoms with van der Waals surface area (Å²) in [6.45, 7) is 0.589. The van der Waals surface area contributed by atoms with E-state index in [-0.39, 0.29) is 6.42 Å². The maximum Gasteiger partial charge on any atom is 0.330 e. The lowest BCUT2D eigenvalue weighted by Gasteiger charge is -2.35. The van der Waals surface area contributed by atoms with Gasteiger partial charge in [-0.3, -0.25) is 5.32 Å². The van der Waals surface area contributed by atoms with E-state index in [1.54, 1.807) is 20.3 Å². The van der Waals surface area contributed by atoms with Crippen LogP contribution in [0.1, 0.15) is 16.8 Å². The maximum absolute atomic E-state index is 12.5. The molecule has 1 atom stereocenters. The van der Waals surface area contributed by atoms with Crippen LogP contribution in [0.3, 0.4) is 0 Å². The fraction of sp³-hybridized carbons (Fsp3) is 0.286. The monoisotopic (exact) mass is 444 g/mol. The van der Waals surface area contributed by atoms with Crippen molar-refractivity contribution in [3.63, 3.8) is 0 Å². The van der Waals surface area contributed by atoms with Crippen molar-refractivity contribution in [2.45, 2.75) is 18.4 Å². The number of hydrogen-bond acceptors (Lipinski definition) is 4. The van der Waals surface area contributed by atoms with Gasteiger partial charge in [0.15, 0.2) is 17.0 Å². The maximum atomic E-state index is 12.5. The average molecular weight is 445 g/mol. The normalized spacial score (nSPS) is 18.7. The van der Waals surface area contributed by atoms with Gasteiger partial charge in [0.1, 0.15) is 0 Å². The zero-order chi connectivity index (χ0) is 19.9. The molecule has 4 rings (SSSR count). The number of benzene rings is 2. The Labute approximate surface area is 171 Å². The molecular formula is C21H21BrN2O4. The van der Waals surface area contributed by atoms with E-state index in [0.29, 0.717) is 23.7 Å². The molecule has 7 heteroatoms. The molecule has 2 heterocycles. The minimum Gasteiger partial charge on any atom is -0.493 e. The number of hydrogen-bond donors (Lipinski definition) is 3. The van der Waals surface area contributed by atoms with Crippen molar-refractivity contribution in [3.8, 4) is 11.5 Å². The molecule has 0 radical (unpaired) electrons. The van der Waals surface area contributed by atoms with Crippen LogP contribution in [0.4, 0.5) is 0 Å². The Morgan fingerprint density at radius 3 is 2.68 bits per heavy atom. The molecule has 2 aromatic carbocycles. The first-order valence-corrected chi connectivity index (χ1v) is 9.77. The van der Waals surface area contributed by atoms with E-state index in [4.69, 9.17) is 9.47 Å². The molecule has 0 fully saturated rings. The van der Waals surface area contributed by atoms with Crippen LogP contribution in [0.2, 0.25) is 0 Å². The van der Waals surface area contributed by atoms with Crippen molar-refractivity contribution in [2.24, 2.45) is 0 Å². The second kappa shape index (κ2) is 7.14. The Hall–Kier alpha value is -2.51. The van der Waals surface area contributed by atoms with Gasteiger partial charge >= 0.3 is 5.97 Å². The van der Waals surface area contributed by atoms with Crippen LogP contribution in [0.15, 0.2) is 40.9 Å². The fourth-order valence-corrected chi connectivity index (χ4v) is 4.40. The van der Waals surface area contributed by atoms with Crippen molar-refractivity contribution in [1.82, 2.24) is 10.3 Å². The average Bonchev–Trinajstić information content (AvgIpc) is 3.07. The first kappa shape index (κ1) is 18.8. The van der Waals surface area contributed by atoms with Crippen LogP contribution in [0.5, 0.6) is 11.5 Å². The van der Waals surface area contributed by atoms with Crippen molar-refractivity contribution in [2.75, 3.05) is 20.8 Å². The zero-order valence-electron chi connectivity index (χ0n) is 15.6. The van der Waals surface area contributed by atoms with E-state index in [2.05, 4.69) is 26.2 Å². The summed E-state index contributed by atoms with van der Waals surface area (Å²) in [5.41, 5.74) is 2.32. The molecule has 0 saturated heterocycles. The highest BCUT2D eigenvalue weighted by molar-refractivity contribution is 9.10. The largest absolute Gasteiger partial charge is 0.493 e. The SMILES string of the molecule is COc1ccc(CC2(C(=O)O)NCCc3c2[nH]c2ccc(Br)cc32)cc1OC. The number of H-pyrrole nitrogens is 1. The van der Waals surface area contributed by atoms with Crippen LogP contribution in [0.25, 0.3) is 10.9 Å². The van der Waals surface area contributed by atoms with Crippen LogP contribution >= 0.6 is 15.9 Å². The molecule has 146 valence electrons. The van der Waals surface area contributed by atoms with Gasteiger partial charge in [-0.25, -0.2) is 4.79 Å². The molecule has 0 saturated carbocycles. The predicted molar refractivity (Wildman–Crippen MR) is 110 cm³/mol. The van der Waals surface area contributed by atoms with E-state index in [0.717, 1.165) is 32.9 Å². The smallest absolute Gasteiger partial charge is 0.330 e. The molecule has 1 unspecified atom stereocenters. The molecule has 0 aliphatic carbocycles. The van der Waals surface area contributed by atoms with Gasteiger partial charge < -0.3 is 19.6 Å². The van der Waals surface area contributed by atoms with Gasteiger partial charge in [0.05, 0.1) is 19.9 Å². The standard InChI is InChI=1S/C21H21BrN2O4/c1-27-17-6-3-12(9-18(17)28-2)11-21(20(25)26)19-14(7-8-23-21)15-10-13(22)4-5-16(15)24-19/h3-6,9-10,23-24H,7-8,11H2,1-2H3,(H,25,26). The highest BCUT2D eigenvalue weighted by Crippen LogP contribution is 2.38. The first-order chi connectivity index (χ1) is 13.5. The number of aliphatic carboxylic acids is 1. The summed E-state index contributed by atoms with van der Waals surface area (Å²) in [6.07, 6.45) is 1.05. The molecule has 0 spiro atoms. The zero-order valence-corrected chi connectivity index (χ0v) is 17.2. The number of aromatic amines is 1. The highest BCUT2D eigenvalue weighted by Gasteiger charge is 2.45. The van der Waals surface area contributed by atoms with E-state index in [9.17, 15) is 9.90 Å². The molecule has 0 amide bonds. The molecule has 1 aliphatic rings. The van der Waals surface area contributed by atoms with Gasteiger partial charge in [-0.2, -0.15) is 0 Å². The predicted octanol–water partition coefficient (Wildman–Crippen LogP) is 3.62. The summed E-state index contributed by atoms with van der Waals surface area (Å²) in [5, 5.41) is 14.6. The van der Waals surface area contributed by atoms with E-state index < -0.39 is 11.5 Å². The second-order valence-electron chi connectivity index (χ2n) is 6.92. The molecule has 28 heavy (non-hydrogen) atoms. The van der Waals surface area contributed by atoms with Gasteiger partial charge in [0.25, 0.3) is 0 Å². The van der Waals surface area contributed by atoms with Crippen LogP contribution in [0, 0.1) is 0 Å². The van der Waals surface area contributed by atoms with Gasteiger partial charge in [-0.15, -0.1) is 0 Å². The minimum atomic E-state index is -1.24. The van der Waals surface area contributed by atoms with Crippen molar-refractivity contribution in [3.05, 3.63) is 57.7 Å². The summed E-state index contributed by atoms with van der Waals surface area (Å²) in [7, 11) is 3.15. The van der Waals surface area contributed by atoms with Gasteiger partial charge in [-0.05, 0) is 47.9 Å². The summed E-state index contributed by atoms with van der Waals surface area (Å²) in [4.78, 5) is 15.9.